The number of thiophene rings is 2. The molecule has 1 aliphatic heterocycles. The van der Waals surface area contributed by atoms with Gasteiger partial charge in [-0.3, -0.25) is 4.90 Å². The molecular formula is C16H23ClN2S2. The minimum atomic E-state index is 0. The van der Waals surface area contributed by atoms with E-state index >= 15 is 0 Å². The van der Waals surface area contributed by atoms with Crippen molar-refractivity contribution in [1.82, 2.24) is 10.2 Å². The molecule has 2 nitrogen and oxygen atoms in total. The Morgan fingerprint density at radius 1 is 1.00 bits per heavy atom. The van der Waals surface area contributed by atoms with Gasteiger partial charge in [-0.05, 0) is 54.7 Å². The smallest absolute Gasteiger partial charge is 0.0331 e. The Balaban J connectivity index is 0.00000161. The average molecular weight is 343 g/mol. The van der Waals surface area contributed by atoms with Crippen molar-refractivity contribution >= 4 is 35.1 Å². The summed E-state index contributed by atoms with van der Waals surface area (Å²) in [5, 5.41) is 7.83. The third-order valence-electron chi connectivity index (χ3n) is 3.89. The van der Waals surface area contributed by atoms with Gasteiger partial charge in [0.15, 0.2) is 0 Å². The molecule has 2 aromatic rings. The van der Waals surface area contributed by atoms with Crippen molar-refractivity contribution in [2.45, 2.75) is 25.9 Å². The number of hydrogen-bond acceptors (Lipinski definition) is 4. The molecule has 5 heteroatoms. The zero-order valence-corrected chi connectivity index (χ0v) is 14.6. The molecule has 2 aromatic heterocycles. The Labute approximate surface area is 141 Å². The van der Waals surface area contributed by atoms with E-state index < -0.39 is 0 Å². The number of nitrogens with zero attached hydrogens (tertiary/aromatic N) is 1. The first kappa shape index (κ1) is 17.0. The maximum atomic E-state index is 3.46. The molecule has 0 bridgehead atoms. The summed E-state index contributed by atoms with van der Waals surface area (Å²) < 4.78 is 0. The molecule has 0 radical (unpaired) electrons. The lowest BCUT2D eigenvalue weighted by Gasteiger charge is -2.29. The summed E-state index contributed by atoms with van der Waals surface area (Å²) in [5.74, 6) is 0.858. The van der Waals surface area contributed by atoms with Crippen molar-refractivity contribution in [3.05, 3.63) is 44.8 Å². The number of rotatable bonds is 6. The molecule has 1 aliphatic rings. The van der Waals surface area contributed by atoms with Crippen LogP contribution in [0.4, 0.5) is 0 Å². The summed E-state index contributed by atoms with van der Waals surface area (Å²) in [7, 11) is 0. The minimum absolute atomic E-state index is 0. The first-order valence-electron chi connectivity index (χ1n) is 7.38. The SMILES string of the molecule is Cl.c1csc(CN(Cc2cccs2)CC2CCNCC2)c1. The van der Waals surface area contributed by atoms with Crippen LogP contribution in [0.15, 0.2) is 35.0 Å². The summed E-state index contributed by atoms with van der Waals surface area (Å²) in [6.45, 7) is 5.81. The predicted octanol–water partition coefficient (Wildman–Crippen LogP) is 4.23. The molecule has 0 amide bonds. The molecule has 0 atom stereocenters. The van der Waals surface area contributed by atoms with E-state index in [-0.39, 0.29) is 12.4 Å². The maximum Gasteiger partial charge on any atom is 0.0331 e. The minimum Gasteiger partial charge on any atom is -0.317 e. The molecule has 116 valence electrons. The first-order chi connectivity index (χ1) is 9.90. The van der Waals surface area contributed by atoms with Gasteiger partial charge >= 0.3 is 0 Å². The quantitative estimate of drug-likeness (QED) is 0.845. The molecular weight excluding hydrogens is 320 g/mol. The highest BCUT2D eigenvalue weighted by Crippen LogP contribution is 2.21. The van der Waals surface area contributed by atoms with Gasteiger partial charge in [0, 0.05) is 29.4 Å². The van der Waals surface area contributed by atoms with Gasteiger partial charge in [0.2, 0.25) is 0 Å². The Bertz CT molecular complexity index is 442. The molecule has 1 N–H and O–H groups in total. The van der Waals surface area contributed by atoms with Crippen LogP contribution >= 0.6 is 35.1 Å². The van der Waals surface area contributed by atoms with Crippen LogP contribution in [0, 0.1) is 5.92 Å². The van der Waals surface area contributed by atoms with E-state index in [9.17, 15) is 0 Å². The lowest BCUT2D eigenvalue weighted by molar-refractivity contribution is 0.194. The van der Waals surface area contributed by atoms with Gasteiger partial charge < -0.3 is 5.32 Å². The predicted molar refractivity (Wildman–Crippen MR) is 95.6 cm³/mol. The van der Waals surface area contributed by atoms with Crippen LogP contribution in [-0.2, 0) is 13.1 Å². The van der Waals surface area contributed by atoms with Gasteiger partial charge in [0.1, 0.15) is 0 Å². The van der Waals surface area contributed by atoms with Crippen LogP contribution < -0.4 is 5.32 Å². The van der Waals surface area contributed by atoms with Crippen molar-refractivity contribution in [3.63, 3.8) is 0 Å². The first-order valence-corrected chi connectivity index (χ1v) is 9.14. The fraction of sp³-hybridized carbons (Fsp3) is 0.500. The van der Waals surface area contributed by atoms with Crippen LogP contribution in [-0.4, -0.2) is 24.5 Å². The van der Waals surface area contributed by atoms with E-state index in [2.05, 4.69) is 45.2 Å². The average Bonchev–Trinajstić information content (AvgIpc) is 3.13. The topological polar surface area (TPSA) is 15.3 Å². The summed E-state index contributed by atoms with van der Waals surface area (Å²) in [5.41, 5.74) is 0. The molecule has 3 rings (SSSR count). The van der Waals surface area contributed by atoms with Crippen molar-refractivity contribution in [2.24, 2.45) is 5.92 Å². The van der Waals surface area contributed by atoms with Crippen molar-refractivity contribution in [1.29, 1.82) is 0 Å². The van der Waals surface area contributed by atoms with Gasteiger partial charge in [0.25, 0.3) is 0 Å². The monoisotopic (exact) mass is 342 g/mol. The Morgan fingerprint density at radius 3 is 2.05 bits per heavy atom. The summed E-state index contributed by atoms with van der Waals surface area (Å²) in [4.78, 5) is 5.60. The maximum absolute atomic E-state index is 3.46. The third kappa shape index (κ3) is 5.38. The van der Waals surface area contributed by atoms with Crippen LogP contribution in [0.25, 0.3) is 0 Å². The number of nitrogens with one attached hydrogen (secondary N) is 1. The molecule has 0 saturated carbocycles. The lowest BCUT2D eigenvalue weighted by Crippen LogP contribution is -2.35. The van der Waals surface area contributed by atoms with E-state index in [4.69, 9.17) is 0 Å². The van der Waals surface area contributed by atoms with E-state index in [1.165, 1.54) is 42.2 Å². The van der Waals surface area contributed by atoms with Crippen LogP contribution in [0.1, 0.15) is 22.6 Å². The standard InChI is InChI=1S/C16H22N2S2.ClH/c1-3-15(19-9-1)12-18(13-16-4-2-10-20-16)11-14-5-7-17-8-6-14;/h1-4,9-10,14,17H,5-8,11-13H2;1H. The van der Waals surface area contributed by atoms with Crippen LogP contribution in [0.3, 0.4) is 0 Å². The van der Waals surface area contributed by atoms with Gasteiger partial charge in [-0.1, -0.05) is 12.1 Å². The Hall–Kier alpha value is -0.390. The van der Waals surface area contributed by atoms with Crippen molar-refractivity contribution in [3.8, 4) is 0 Å². The molecule has 1 saturated heterocycles. The molecule has 1 fully saturated rings. The number of hydrogen-bond donors (Lipinski definition) is 1. The van der Waals surface area contributed by atoms with Gasteiger partial charge in [-0.2, -0.15) is 0 Å². The normalized spacial score (nSPS) is 16.0. The zero-order chi connectivity index (χ0) is 13.6. The Morgan fingerprint density at radius 2 is 1.57 bits per heavy atom. The lowest BCUT2D eigenvalue weighted by atomic mass is 9.97. The zero-order valence-electron chi connectivity index (χ0n) is 12.2. The highest BCUT2D eigenvalue weighted by atomic mass is 35.5. The van der Waals surface area contributed by atoms with Crippen molar-refractivity contribution < 1.29 is 0 Å². The largest absolute Gasteiger partial charge is 0.317 e. The molecule has 0 unspecified atom stereocenters. The fourth-order valence-corrected chi connectivity index (χ4v) is 4.35. The fourth-order valence-electron chi connectivity index (χ4n) is 2.86. The molecule has 0 aromatic carbocycles. The van der Waals surface area contributed by atoms with E-state index in [0.717, 1.165) is 19.0 Å². The highest BCUT2D eigenvalue weighted by Gasteiger charge is 2.18. The summed E-state index contributed by atoms with van der Waals surface area (Å²) >= 11 is 3.75. The van der Waals surface area contributed by atoms with Crippen LogP contribution in [0.2, 0.25) is 0 Å². The second kappa shape index (κ2) is 8.91. The Kier molecular flexibility index (Phi) is 7.20. The third-order valence-corrected chi connectivity index (χ3v) is 5.62. The summed E-state index contributed by atoms with van der Waals surface area (Å²) in [6.07, 6.45) is 2.65. The molecule has 0 spiro atoms. The van der Waals surface area contributed by atoms with E-state index in [1.54, 1.807) is 0 Å². The second-order valence-corrected chi connectivity index (χ2v) is 7.59. The number of halogens is 1. The number of piperidine rings is 1. The molecule has 21 heavy (non-hydrogen) atoms. The van der Waals surface area contributed by atoms with Gasteiger partial charge in [0.05, 0.1) is 0 Å². The molecule has 3 heterocycles. The van der Waals surface area contributed by atoms with E-state index in [0.29, 0.717) is 0 Å². The summed E-state index contributed by atoms with van der Waals surface area (Å²) in [6, 6.07) is 8.84. The highest BCUT2D eigenvalue weighted by molar-refractivity contribution is 7.10. The van der Waals surface area contributed by atoms with Crippen molar-refractivity contribution in [2.75, 3.05) is 19.6 Å². The van der Waals surface area contributed by atoms with Gasteiger partial charge in [-0.25, -0.2) is 0 Å². The van der Waals surface area contributed by atoms with Gasteiger partial charge in [-0.15, -0.1) is 35.1 Å². The van der Waals surface area contributed by atoms with Crippen LogP contribution in [0.5, 0.6) is 0 Å². The molecule has 0 aliphatic carbocycles. The second-order valence-electron chi connectivity index (χ2n) is 5.52. The van der Waals surface area contributed by atoms with E-state index in [1.807, 2.05) is 22.7 Å².